The molecular weight excluding hydrogens is 224 g/mol. The number of thioether (sulfide) groups is 2. The fourth-order valence-corrected chi connectivity index (χ4v) is 3.50. The molecular formula is C12H24OS2. The molecule has 0 radical (unpaired) electrons. The van der Waals surface area contributed by atoms with Gasteiger partial charge in [0, 0.05) is 16.4 Å². The molecule has 15 heavy (non-hydrogen) atoms. The molecule has 1 nitrogen and oxygen atoms in total. The summed E-state index contributed by atoms with van der Waals surface area (Å²) in [7, 11) is 0. The van der Waals surface area contributed by atoms with E-state index in [1.807, 2.05) is 23.5 Å². The molecule has 2 atom stereocenters. The van der Waals surface area contributed by atoms with E-state index in [1.54, 1.807) is 0 Å². The van der Waals surface area contributed by atoms with Gasteiger partial charge in [-0.1, -0.05) is 6.92 Å². The second kappa shape index (κ2) is 7.61. The number of rotatable bonds is 8. The van der Waals surface area contributed by atoms with Gasteiger partial charge in [0.05, 0.1) is 0 Å². The fourth-order valence-electron chi connectivity index (χ4n) is 1.60. The van der Waals surface area contributed by atoms with Gasteiger partial charge in [-0.15, -0.1) is 0 Å². The fraction of sp³-hybridized carbons (Fsp3) is 0.917. The van der Waals surface area contributed by atoms with Crippen LogP contribution < -0.4 is 0 Å². The van der Waals surface area contributed by atoms with Gasteiger partial charge in [0.25, 0.3) is 0 Å². The van der Waals surface area contributed by atoms with Crippen molar-refractivity contribution < 1.29 is 4.79 Å². The SMILES string of the molecule is CSC(CCC(C)CC=O)C(C)(C)SC. The van der Waals surface area contributed by atoms with Crippen LogP contribution in [0.3, 0.4) is 0 Å². The van der Waals surface area contributed by atoms with Gasteiger partial charge in [0.1, 0.15) is 6.29 Å². The molecule has 0 aliphatic heterocycles. The van der Waals surface area contributed by atoms with Gasteiger partial charge < -0.3 is 4.79 Å². The van der Waals surface area contributed by atoms with E-state index in [0.717, 1.165) is 12.7 Å². The Kier molecular flexibility index (Phi) is 7.80. The van der Waals surface area contributed by atoms with Gasteiger partial charge in [-0.2, -0.15) is 23.5 Å². The van der Waals surface area contributed by atoms with Crippen LogP contribution in [-0.4, -0.2) is 28.8 Å². The first-order valence-corrected chi connectivity index (χ1v) is 8.00. The second-order valence-corrected chi connectivity index (χ2v) is 7.12. The molecule has 0 saturated carbocycles. The van der Waals surface area contributed by atoms with E-state index in [9.17, 15) is 4.79 Å². The molecule has 0 fully saturated rings. The predicted molar refractivity (Wildman–Crippen MR) is 74.0 cm³/mol. The van der Waals surface area contributed by atoms with E-state index in [-0.39, 0.29) is 0 Å². The highest BCUT2D eigenvalue weighted by atomic mass is 32.2. The molecule has 0 N–H and O–H groups in total. The van der Waals surface area contributed by atoms with Crippen LogP contribution in [0.25, 0.3) is 0 Å². The van der Waals surface area contributed by atoms with Crippen LogP contribution in [0.2, 0.25) is 0 Å². The first-order valence-electron chi connectivity index (χ1n) is 5.49. The maximum absolute atomic E-state index is 10.4. The standard InChI is InChI=1S/C12H24OS2/c1-10(8-9-13)6-7-11(14-4)12(2,3)15-5/h9-11H,6-8H2,1-5H3. The van der Waals surface area contributed by atoms with E-state index in [1.165, 1.54) is 6.42 Å². The Morgan fingerprint density at radius 3 is 2.27 bits per heavy atom. The average Bonchev–Trinajstić information content (AvgIpc) is 2.19. The highest BCUT2D eigenvalue weighted by molar-refractivity contribution is 8.03. The van der Waals surface area contributed by atoms with Gasteiger partial charge in [0.2, 0.25) is 0 Å². The third-order valence-electron chi connectivity index (χ3n) is 3.01. The zero-order chi connectivity index (χ0) is 11.9. The lowest BCUT2D eigenvalue weighted by Crippen LogP contribution is -2.30. The first kappa shape index (κ1) is 15.4. The van der Waals surface area contributed by atoms with E-state index in [2.05, 4.69) is 33.3 Å². The minimum absolute atomic E-state index is 0.334. The van der Waals surface area contributed by atoms with Gasteiger partial charge >= 0.3 is 0 Å². The van der Waals surface area contributed by atoms with Crippen molar-refractivity contribution in [2.75, 3.05) is 12.5 Å². The summed E-state index contributed by atoms with van der Waals surface area (Å²) in [5.74, 6) is 0.537. The Hall–Kier alpha value is 0.370. The Morgan fingerprint density at radius 2 is 1.87 bits per heavy atom. The number of carbonyl (C=O) groups excluding carboxylic acids is 1. The van der Waals surface area contributed by atoms with Crippen LogP contribution in [0.15, 0.2) is 0 Å². The van der Waals surface area contributed by atoms with Crippen LogP contribution >= 0.6 is 23.5 Å². The van der Waals surface area contributed by atoms with Crippen LogP contribution in [-0.2, 0) is 4.79 Å². The van der Waals surface area contributed by atoms with Crippen molar-refractivity contribution in [3.05, 3.63) is 0 Å². The van der Waals surface area contributed by atoms with Crippen molar-refractivity contribution in [3.8, 4) is 0 Å². The monoisotopic (exact) mass is 248 g/mol. The Bertz CT molecular complexity index is 180. The van der Waals surface area contributed by atoms with Crippen LogP contribution in [0.5, 0.6) is 0 Å². The molecule has 0 aromatic heterocycles. The molecule has 0 aromatic carbocycles. The quantitative estimate of drug-likeness (QED) is 0.607. The zero-order valence-electron chi connectivity index (χ0n) is 10.6. The van der Waals surface area contributed by atoms with Crippen molar-refractivity contribution in [3.63, 3.8) is 0 Å². The molecule has 0 aliphatic carbocycles. The van der Waals surface area contributed by atoms with Crippen LogP contribution in [0.4, 0.5) is 0 Å². The lowest BCUT2D eigenvalue weighted by Gasteiger charge is -2.32. The summed E-state index contributed by atoms with van der Waals surface area (Å²) in [5, 5.41) is 0.682. The summed E-state index contributed by atoms with van der Waals surface area (Å²) in [4.78, 5) is 10.4. The van der Waals surface area contributed by atoms with Gasteiger partial charge in [-0.25, -0.2) is 0 Å². The molecule has 0 saturated heterocycles. The van der Waals surface area contributed by atoms with E-state index >= 15 is 0 Å². The summed E-state index contributed by atoms with van der Waals surface area (Å²) in [6.45, 7) is 6.78. The Balaban J connectivity index is 4.05. The van der Waals surface area contributed by atoms with E-state index < -0.39 is 0 Å². The second-order valence-electron chi connectivity index (χ2n) is 4.62. The predicted octanol–water partition coefficient (Wildman–Crippen LogP) is 3.86. The van der Waals surface area contributed by atoms with Gasteiger partial charge in [0.15, 0.2) is 0 Å². The van der Waals surface area contributed by atoms with Crippen LogP contribution in [0.1, 0.15) is 40.0 Å². The maximum Gasteiger partial charge on any atom is 0.120 e. The van der Waals surface area contributed by atoms with Crippen molar-refractivity contribution in [1.82, 2.24) is 0 Å². The molecule has 0 aromatic rings. The minimum Gasteiger partial charge on any atom is -0.303 e. The number of carbonyl (C=O) groups is 1. The molecule has 0 spiro atoms. The molecule has 2 unspecified atom stereocenters. The number of hydrogen-bond acceptors (Lipinski definition) is 3. The highest BCUT2D eigenvalue weighted by Crippen LogP contribution is 2.36. The zero-order valence-corrected chi connectivity index (χ0v) is 12.2. The first-order chi connectivity index (χ1) is 6.97. The minimum atomic E-state index is 0.334. The third kappa shape index (κ3) is 5.86. The van der Waals surface area contributed by atoms with Crippen LogP contribution in [0, 0.1) is 5.92 Å². The maximum atomic E-state index is 10.4. The Morgan fingerprint density at radius 1 is 1.27 bits per heavy atom. The van der Waals surface area contributed by atoms with Gasteiger partial charge in [-0.3, -0.25) is 0 Å². The lowest BCUT2D eigenvalue weighted by atomic mass is 9.97. The third-order valence-corrected chi connectivity index (χ3v) is 5.89. The normalized spacial score (nSPS) is 16.1. The molecule has 0 aliphatic rings. The van der Waals surface area contributed by atoms with Crippen molar-refractivity contribution in [2.45, 2.75) is 50.0 Å². The lowest BCUT2D eigenvalue weighted by molar-refractivity contribution is -0.108. The van der Waals surface area contributed by atoms with Crippen molar-refractivity contribution >= 4 is 29.8 Å². The molecule has 0 bridgehead atoms. The molecule has 3 heteroatoms. The average molecular weight is 248 g/mol. The summed E-state index contributed by atoms with van der Waals surface area (Å²) in [6.07, 6.45) is 8.49. The van der Waals surface area contributed by atoms with Gasteiger partial charge in [-0.05, 0) is 45.1 Å². The summed E-state index contributed by atoms with van der Waals surface area (Å²) >= 11 is 3.89. The largest absolute Gasteiger partial charge is 0.303 e. The topological polar surface area (TPSA) is 17.1 Å². The summed E-state index contributed by atoms with van der Waals surface area (Å²) in [5.41, 5.74) is 0. The van der Waals surface area contributed by atoms with E-state index in [0.29, 0.717) is 22.3 Å². The highest BCUT2D eigenvalue weighted by Gasteiger charge is 2.27. The smallest absolute Gasteiger partial charge is 0.120 e. The number of hydrogen-bond donors (Lipinski definition) is 0. The van der Waals surface area contributed by atoms with Crippen molar-refractivity contribution in [1.29, 1.82) is 0 Å². The van der Waals surface area contributed by atoms with E-state index in [4.69, 9.17) is 0 Å². The Labute approximate surface area is 103 Å². The molecule has 0 rings (SSSR count). The molecule has 0 amide bonds. The molecule has 90 valence electrons. The van der Waals surface area contributed by atoms with Crippen molar-refractivity contribution in [2.24, 2.45) is 5.92 Å². The summed E-state index contributed by atoms with van der Waals surface area (Å²) in [6, 6.07) is 0. The number of aldehydes is 1. The summed E-state index contributed by atoms with van der Waals surface area (Å²) < 4.78 is 0.334. The molecule has 0 heterocycles.